The maximum absolute atomic E-state index is 12.5. The number of hydrogen-bond donors (Lipinski definition) is 2. The topological polar surface area (TPSA) is 64.9 Å². The molecule has 2 N–H and O–H groups in total. The van der Waals surface area contributed by atoms with E-state index in [2.05, 4.69) is 17.2 Å². The first kappa shape index (κ1) is 27.1. The number of aliphatic hydroxyl groups is 1. The number of amides is 1. The molecule has 0 aromatic heterocycles. The molecule has 5 nitrogen and oxygen atoms in total. The Morgan fingerprint density at radius 3 is 2.23 bits per heavy atom. The van der Waals surface area contributed by atoms with Crippen LogP contribution in [0.1, 0.15) is 111 Å². The summed E-state index contributed by atoms with van der Waals surface area (Å²) in [6, 6.07) is 0. The van der Waals surface area contributed by atoms with Gasteiger partial charge < -0.3 is 10.0 Å². The number of rotatable bonds is 17. The summed E-state index contributed by atoms with van der Waals surface area (Å²) >= 11 is 0. The predicted octanol–water partition coefficient (Wildman–Crippen LogP) is 5.31. The summed E-state index contributed by atoms with van der Waals surface area (Å²) in [7, 11) is 0. The van der Waals surface area contributed by atoms with Crippen LogP contribution >= 0.6 is 0 Å². The summed E-state index contributed by atoms with van der Waals surface area (Å²) in [5.74, 6) is -0.0468. The van der Waals surface area contributed by atoms with Crippen molar-refractivity contribution < 1.29 is 9.90 Å². The zero-order valence-corrected chi connectivity index (χ0v) is 20.1. The van der Waals surface area contributed by atoms with Crippen molar-refractivity contribution in [2.75, 3.05) is 19.6 Å². The lowest BCUT2D eigenvalue weighted by Gasteiger charge is -2.32. The van der Waals surface area contributed by atoms with Gasteiger partial charge in [0.15, 0.2) is 0 Å². The van der Waals surface area contributed by atoms with E-state index in [4.69, 9.17) is 0 Å². The molecule has 5 heteroatoms. The molecule has 30 heavy (non-hydrogen) atoms. The third-order valence-electron chi connectivity index (χ3n) is 6.20. The predicted molar refractivity (Wildman–Crippen MR) is 128 cm³/mol. The molecule has 0 spiro atoms. The molecule has 0 aliphatic carbocycles. The Labute approximate surface area is 186 Å². The highest BCUT2D eigenvalue weighted by atomic mass is 16.3. The summed E-state index contributed by atoms with van der Waals surface area (Å²) in [5, 5.41) is 13.6. The molecule has 1 heterocycles. The quantitative estimate of drug-likeness (QED) is 0.311. The maximum atomic E-state index is 12.5. The van der Waals surface area contributed by atoms with E-state index in [1.807, 2.05) is 18.7 Å². The Hall–Kier alpha value is -0.940. The lowest BCUT2D eigenvalue weighted by Crippen LogP contribution is -2.51. The van der Waals surface area contributed by atoms with Crippen LogP contribution in [0.25, 0.3) is 0 Å². The summed E-state index contributed by atoms with van der Waals surface area (Å²) in [4.78, 5) is 18.7. The van der Waals surface area contributed by atoms with Crippen molar-refractivity contribution in [2.24, 2.45) is 10.9 Å². The number of carbonyl (C=O) groups is 1. The number of unbranched alkanes of at least 4 members (excludes halogenated alkanes) is 11. The van der Waals surface area contributed by atoms with Crippen molar-refractivity contribution in [1.82, 2.24) is 10.2 Å². The summed E-state index contributed by atoms with van der Waals surface area (Å²) in [6.45, 7) is 8.24. The van der Waals surface area contributed by atoms with E-state index >= 15 is 0 Å². The molecule has 0 saturated carbocycles. The van der Waals surface area contributed by atoms with Crippen molar-refractivity contribution in [3.05, 3.63) is 0 Å². The maximum Gasteiger partial charge on any atom is 0.232 e. The van der Waals surface area contributed by atoms with Gasteiger partial charge in [-0.2, -0.15) is 0 Å². The van der Waals surface area contributed by atoms with Crippen LogP contribution in [0.3, 0.4) is 0 Å². The van der Waals surface area contributed by atoms with E-state index in [-0.39, 0.29) is 24.1 Å². The van der Waals surface area contributed by atoms with Gasteiger partial charge in [-0.1, -0.05) is 84.0 Å². The molecular weight excluding hydrogens is 374 g/mol. The van der Waals surface area contributed by atoms with Gasteiger partial charge in [0, 0.05) is 25.8 Å². The molecule has 3 unspecified atom stereocenters. The van der Waals surface area contributed by atoms with Gasteiger partial charge in [0.25, 0.3) is 0 Å². The molecule has 0 aromatic carbocycles. The number of carbonyl (C=O) groups excluding carboxylic acids is 1. The van der Waals surface area contributed by atoms with Gasteiger partial charge in [-0.15, -0.1) is 0 Å². The highest BCUT2D eigenvalue weighted by molar-refractivity contribution is 5.93. The van der Waals surface area contributed by atoms with E-state index in [0.717, 1.165) is 32.4 Å². The Morgan fingerprint density at radius 2 is 1.63 bits per heavy atom. The normalized spacial score (nSPS) is 19.5. The molecule has 1 rings (SSSR count). The highest BCUT2D eigenvalue weighted by Gasteiger charge is 2.24. The SMILES string of the molecule is CCCCCCCCCCCCCCC(O)CNC(C)N1CCCN=CC(C)C1=O. The largest absolute Gasteiger partial charge is 0.392 e. The van der Waals surface area contributed by atoms with E-state index in [9.17, 15) is 9.90 Å². The number of aliphatic imine (C=N–C) groups is 1. The number of aliphatic hydroxyl groups excluding tert-OH is 1. The molecule has 0 fully saturated rings. The Bertz CT molecular complexity index is 456. The third-order valence-corrected chi connectivity index (χ3v) is 6.20. The molecule has 0 radical (unpaired) electrons. The first-order valence-electron chi connectivity index (χ1n) is 12.8. The lowest BCUT2D eigenvalue weighted by atomic mass is 10.0. The highest BCUT2D eigenvalue weighted by Crippen LogP contribution is 2.13. The number of hydrogen-bond acceptors (Lipinski definition) is 4. The molecule has 176 valence electrons. The van der Waals surface area contributed by atoms with Crippen molar-refractivity contribution in [3.8, 4) is 0 Å². The number of nitrogens with zero attached hydrogens (tertiary/aromatic N) is 2. The smallest absolute Gasteiger partial charge is 0.232 e. The fourth-order valence-corrected chi connectivity index (χ4v) is 4.12. The fourth-order valence-electron chi connectivity index (χ4n) is 4.12. The van der Waals surface area contributed by atoms with Gasteiger partial charge in [-0.05, 0) is 26.7 Å². The lowest BCUT2D eigenvalue weighted by molar-refractivity contribution is -0.135. The standard InChI is InChI=1S/C25H49N3O2/c1-4-5-6-7-8-9-10-11-12-13-14-15-17-24(29)21-27-23(3)28-19-16-18-26-20-22(2)25(28)30/h20,22-24,27,29H,4-19,21H2,1-3H3. The van der Waals surface area contributed by atoms with E-state index < -0.39 is 0 Å². The van der Waals surface area contributed by atoms with Crippen LogP contribution in [0.5, 0.6) is 0 Å². The summed E-state index contributed by atoms with van der Waals surface area (Å²) in [6.07, 6.45) is 19.1. The van der Waals surface area contributed by atoms with Crippen molar-refractivity contribution in [2.45, 2.75) is 123 Å². The van der Waals surface area contributed by atoms with Gasteiger partial charge in [-0.25, -0.2) is 0 Å². The summed E-state index contributed by atoms with van der Waals surface area (Å²) < 4.78 is 0. The van der Waals surface area contributed by atoms with Crippen LogP contribution in [0.4, 0.5) is 0 Å². The van der Waals surface area contributed by atoms with Crippen molar-refractivity contribution in [3.63, 3.8) is 0 Å². The molecule has 1 amide bonds. The molecule has 0 saturated heterocycles. The second-order valence-electron chi connectivity index (χ2n) is 9.14. The second-order valence-corrected chi connectivity index (χ2v) is 9.14. The second kappa shape index (κ2) is 17.7. The Balaban J connectivity index is 2.02. The van der Waals surface area contributed by atoms with Crippen LogP contribution in [-0.4, -0.2) is 54.0 Å². The molecule has 0 bridgehead atoms. The van der Waals surface area contributed by atoms with Crippen LogP contribution in [-0.2, 0) is 4.79 Å². The third kappa shape index (κ3) is 12.7. The number of nitrogens with one attached hydrogen (secondary N) is 1. The van der Waals surface area contributed by atoms with E-state index in [1.165, 1.54) is 70.6 Å². The summed E-state index contributed by atoms with van der Waals surface area (Å²) in [5.41, 5.74) is 0. The first-order valence-corrected chi connectivity index (χ1v) is 12.8. The monoisotopic (exact) mass is 423 g/mol. The van der Waals surface area contributed by atoms with Gasteiger partial charge >= 0.3 is 0 Å². The molecule has 3 atom stereocenters. The zero-order chi connectivity index (χ0) is 22.0. The minimum atomic E-state index is -0.334. The minimum Gasteiger partial charge on any atom is -0.392 e. The van der Waals surface area contributed by atoms with Gasteiger partial charge in [0.2, 0.25) is 5.91 Å². The van der Waals surface area contributed by atoms with Crippen LogP contribution in [0.2, 0.25) is 0 Å². The Kier molecular flexibility index (Phi) is 16.0. The Morgan fingerprint density at radius 1 is 1.07 bits per heavy atom. The van der Waals surface area contributed by atoms with E-state index in [0.29, 0.717) is 6.54 Å². The van der Waals surface area contributed by atoms with Crippen LogP contribution in [0.15, 0.2) is 4.99 Å². The zero-order valence-electron chi connectivity index (χ0n) is 20.1. The van der Waals surface area contributed by atoms with Crippen molar-refractivity contribution >= 4 is 12.1 Å². The first-order chi connectivity index (χ1) is 14.6. The average Bonchev–Trinajstić information content (AvgIpc) is 2.73. The minimum absolute atomic E-state index is 0.0527. The van der Waals surface area contributed by atoms with Crippen LogP contribution < -0.4 is 5.32 Å². The average molecular weight is 424 g/mol. The van der Waals surface area contributed by atoms with Gasteiger partial charge in [-0.3, -0.25) is 15.1 Å². The fraction of sp³-hybridized carbons (Fsp3) is 0.920. The molecular formula is C25H49N3O2. The van der Waals surface area contributed by atoms with E-state index in [1.54, 1.807) is 6.21 Å². The molecule has 1 aliphatic heterocycles. The van der Waals surface area contributed by atoms with Gasteiger partial charge in [0.05, 0.1) is 18.2 Å². The molecule has 0 aromatic rings. The van der Waals surface area contributed by atoms with Crippen molar-refractivity contribution in [1.29, 1.82) is 0 Å². The van der Waals surface area contributed by atoms with Crippen LogP contribution in [0, 0.1) is 5.92 Å². The molecule has 1 aliphatic rings. The van der Waals surface area contributed by atoms with Gasteiger partial charge in [0.1, 0.15) is 0 Å².